The van der Waals surface area contributed by atoms with Crippen molar-refractivity contribution in [2.24, 2.45) is 0 Å². The molecule has 0 spiro atoms. The van der Waals surface area contributed by atoms with Crippen LogP contribution in [0.5, 0.6) is 0 Å². The molecular weight excluding hydrogens is 318 g/mol. The molecule has 1 atom stereocenters. The summed E-state index contributed by atoms with van der Waals surface area (Å²) in [5.41, 5.74) is 3.56. The van der Waals surface area contributed by atoms with Crippen molar-refractivity contribution in [2.75, 3.05) is 13.2 Å². The van der Waals surface area contributed by atoms with Crippen LogP contribution in [0, 0.1) is 13.8 Å². The maximum Gasteiger partial charge on any atom is 0.267 e. The number of aromatic nitrogens is 2. The monoisotopic (exact) mass is 341 g/mol. The van der Waals surface area contributed by atoms with Gasteiger partial charge in [-0.05, 0) is 44.4 Å². The molecule has 2 heterocycles. The quantitative estimate of drug-likeness (QED) is 0.900. The summed E-state index contributed by atoms with van der Waals surface area (Å²) in [6.45, 7) is 5.14. The van der Waals surface area contributed by atoms with Crippen LogP contribution in [0.1, 0.15) is 24.0 Å². The minimum atomic E-state index is -0.290. The van der Waals surface area contributed by atoms with Gasteiger partial charge in [-0.15, -0.1) is 0 Å². The van der Waals surface area contributed by atoms with Crippen LogP contribution in [0.15, 0.2) is 35.1 Å². The summed E-state index contributed by atoms with van der Waals surface area (Å²) in [6.07, 6.45) is 2.06. The summed E-state index contributed by atoms with van der Waals surface area (Å²) in [6, 6.07) is 9.25. The fourth-order valence-corrected chi connectivity index (χ4v) is 2.94. The van der Waals surface area contributed by atoms with Gasteiger partial charge in [-0.25, -0.2) is 4.68 Å². The number of carbonyl (C=O) groups is 1. The van der Waals surface area contributed by atoms with Crippen molar-refractivity contribution in [3.63, 3.8) is 0 Å². The van der Waals surface area contributed by atoms with Crippen molar-refractivity contribution >= 4 is 5.91 Å². The Morgan fingerprint density at radius 2 is 2.16 bits per heavy atom. The highest BCUT2D eigenvalue weighted by molar-refractivity contribution is 5.75. The second kappa shape index (κ2) is 7.61. The van der Waals surface area contributed by atoms with E-state index in [1.165, 1.54) is 10.7 Å². The van der Waals surface area contributed by atoms with Crippen molar-refractivity contribution in [3.8, 4) is 11.3 Å². The Kier molecular flexibility index (Phi) is 5.28. The third kappa shape index (κ3) is 4.33. The molecule has 0 bridgehead atoms. The number of amides is 1. The molecule has 3 rings (SSSR count). The van der Waals surface area contributed by atoms with Gasteiger partial charge in [0.2, 0.25) is 5.91 Å². The molecule has 1 N–H and O–H groups in total. The number of rotatable bonds is 5. The molecule has 0 unspecified atom stereocenters. The zero-order valence-electron chi connectivity index (χ0n) is 14.6. The number of nitrogens with zero attached hydrogens (tertiary/aromatic N) is 2. The Hall–Kier alpha value is -2.47. The molecule has 0 aliphatic carbocycles. The highest BCUT2D eigenvalue weighted by atomic mass is 16.5. The van der Waals surface area contributed by atoms with Crippen LogP contribution in [-0.4, -0.2) is 34.9 Å². The van der Waals surface area contributed by atoms with Crippen molar-refractivity contribution < 1.29 is 9.53 Å². The number of carbonyl (C=O) groups excluding carboxylic acids is 1. The highest BCUT2D eigenvalue weighted by Gasteiger charge is 2.16. The van der Waals surface area contributed by atoms with E-state index in [4.69, 9.17) is 4.74 Å². The smallest absolute Gasteiger partial charge is 0.267 e. The molecule has 25 heavy (non-hydrogen) atoms. The maximum atomic E-state index is 12.1. The standard InChI is InChI=1S/C19H23N3O3/c1-13-5-6-14(2)16(10-13)17-7-8-19(24)22(21-17)12-18(23)20-11-15-4-3-9-25-15/h5-8,10,15H,3-4,9,11-12H2,1-2H3,(H,20,23)/t15-/m1/s1. The van der Waals surface area contributed by atoms with Crippen molar-refractivity contribution in [3.05, 3.63) is 51.8 Å². The van der Waals surface area contributed by atoms with Crippen LogP contribution in [0.4, 0.5) is 0 Å². The first kappa shape index (κ1) is 17.4. The van der Waals surface area contributed by atoms with E-state index in [2.05, 4.69) is 10.4 Å². The van der Waals surface area contributed by atoms with Gasteiger partial charge in [0.1, 0.15) is 6.54 Å². The van der Waals surface area contributed by atoms with Crippen LogP contribution in [0.25, 0.3) is 11.3 Å². The van der Waals surface area contributed by atoms with Gasteiger partial charge in [-0.2, -0.15) is 5.10 Å². The van der Waals surface area contributed by atoms with E-state index < -0.39 is 0 Å². The number of benzene rings is 1. The molecule has 0 saturated carbocycles. The molecule has 1 aliphatic rings. The Bertz CT molecular complexity index is 823. The highest BCUT2D eigenvalue weighted by Crippen LogP contribution is 2.21. The molecule has 132 valence electrons. The van der Waals surface area contributed by atoms with Crippen molar-refractivity contribution in [2.45, 2.75) is 39.3 Å². The van der Waals surface area contributed by atoms with E-state index in [1.807, 2.05) is 32.0 Å². The average molecular weight is 341 g/mol. The minimum absolute atomic E-state index is 0.0786. The molecule has 0 radical (unpaired) electrons. The Morgan fingerprint density at radius 1 is 1.32 bits per heavy atom. The van der Waals surface area contributed by atoms with Crippen LogP contribution in [0.3, 0.4) is 0 Å². The average Bonchev–Trinajstić information content (AvgIpc) is 3.11. The molecule has 1 amide bonds. The maximum absolute atomic E-state index is 12.1. The summed E-state index contributed by atoms with van der Waals surface area (Å²) < 4.78 is 6.69. The third-order valence-corrected chi connectivity index (χ3v) is 4.38. The number of hydrogen-bond donors (Lipinski definition) is 1. The minimum Gasteiger partial charge on any atom is -0.376 e. The molecule has 1 saturated heterocycles. The summed E-state index contributed by atoms with van der Waals surface area (Å²) in [7, 11) is 0. The Morgan fingerprint density at radius 3 is 2.92 bits per heavy atom. The predicted octanol–water partition coefficient (Wildman–Crippen LogP) is 1.82. The number of aryl methyl sites for hydroxylation is 2. The second-order valence-electron chi connectivity index (χ2n) is 6.47. The lowest BCUT2D eigenvalue weighted by Gasteiger charge is -2.12. The van der Waals surface area contributed by atoms with Gasteiger partial charge < -0.3 is 10.1 Å². The number of hydrogen-bond acceptors (Lipinski definition) is 4. The molecule has 1 aromatic heterocycles. The predicted molar refractivity (Wildman–Crippen MR) is 95.4 cm³/mol. The van der Waals surface area contributed by atoms with Crippen LogP contribution in [-0.2, 0) is 16.1 Å². The normalized spacial score (nSPS) is 16.8. The van der Waals surface area contributed by atoms with Gasteiger partial charge in [-0.3, -0.25) is 9.59 Å². The Labute approximate surface area is 146 Å². The first-order valence-corrected chi connectivity index (χ1v) is 8.57. The number of ether oxygens (including phenoxy) is 1. The SMILES string of the molecule is Cc1ccc(C)c(-c2ccc(=O)n(CC(=O)NC[C@H]3CCCO3)n2)c1. The largest absolute Gasteiger partial charge is 0.376 e. The van der Waals surface area contributed by atoms with E-state index in [0.29, 0.717) is 12.2 Å². The van der Waals surface area contributed by atoms with Gasteiger partial charge in [0.05, 0.1) is 11.8 Å². The van der Waals surface area contributed by atoms with Crippen LogP contribution in [0.2, 0.25) is 0 Å². The lowest BCUT2D eigenvalue weighted by molar-refractivity contribution is -0.122. The van der Waals surface area contributed by atoms with Gasteiger partial charge >= 0.3 is 0 Å². The van der Waals surface area contributed by atoms with Crippen LogP contribution < -0.4 is 10.9 Å². The zero-order valence-corrected chi connectivity index (χ0v) is 14.6. The summed E-state index contributed by atoms with van der Waals surface area (Å²) in [4.78, 5) is 24.2. The second-order valence-corrected chi connectivity index (χ2v) is 6.47. The van der Waals surface area contributed by atoms with E-state index in [1.54, 1.807) is 6.07 Å². The van der Waals surface area contributed by atoms with Gasteiger partial charge in [0.25, 0.3) is 5.56 Å². The molecule has 1 fully saturated rings. The first-order chi connectivity index (χ1) is 12.0. The van der Waals surface area contributed by atoms with Crippen LogP contribution >= 0.6 is 0 Å². The molecule has 2 aromatic rings. The summed E-state index contributed by atoms with van der Waals surface area (Å²) >= 11 is 0. The fourth-order valence-electron chi connectivity index (χ4n) is 2.94. The number of nitrogens with one attached hydrogen (secondary N) is 1. The molecular formula is C19H23N3O3. The van der Waals surface area contributed by atoms with Gasteiger partial charge in [0.15, 0.2) is 0 Å². The van der Waals surface area contributed by atoms with Crippen molar-refractivity contribution in [1.29, 1.82) is 0 Å². The summed E-state index contributed by atoms with van der Waals surface area (Å²) in [5.74, 6) is -0.233. The molecule has 6 nitrogen and oxygen atoms in total. The van der Waals surface area contributed by atoms with E-state index in [-0.39, 0.29) is 24.1 Å². The van der Waals surface area contributed by atoms with E-state index in [9.17, 15) is 9.59 Å². The topological polar surface area (TPSA) is 73.2 Å². The molecule has 1 aliphatic heterocycles. The lowest BCUT2D eigenvalue weighted by Crippen LogP contribution is -2.37. The Balaban J connectivity index is 1.74. The zero-order chi connectivity index (χ0) is 17.8. The van der Waals surface area contributed by atoms with Gasteiger partial charge in [-0.1, -0.05) is 17.7 Å². The molecule has 1 aromatic carbocycles. The lowest BCUT2D eigenvalue weighted by atomic mass is 10.0. The van der Waals surface area contributed by atoms with E-state index in [0.717, 1.165) is 36.1 Å². The van der Waals surface area contributed by atoms with E-state index >= 15 is 0 Å². The summed E-state index contributed by atoms with van der Waals surface area (Å²) in [5, 5.41) is 7.19. The third-order valence-electron chi connectivity index (χ3n) is 4.38. The fraction of sp³-hybridized carbons (Fsp3) is 0.421. The van der Waals surface area contributed by atoms with Gasteiger partial charge in [0, 0.05) is 24.8 Å². The molecule has 6 heteroatoms. The van der Waals surface area contributed by atoms with Crippen molar-refractivity contribution in [1.82, 2.24) is 15.1 Å². The first-order valence-electron chi connectivity index (χ1n) is 8.57.